The molecular weight excluding hydrogens is 289 g/mol. The first-order valence-electron chi connectivity index (χ1n) is 5.96. The Hall–Kier alpha value is -0.520. The number of benzene rings is 1. The van der Waals surface area contributed by atoms with Gasteiger partial charge < -0.3 is 19.5 Å². The predicted molar refractivity (Wildman–Crippen MR) is 77.3 cm³/mol. The minimum absolute atomic E-state index is 0.179. The number of aliphatic hydroxyl groups excluding tert-OH is 1. The summed E-state index contributed by atoms with van der Waals surface area (Å²) in [7, 11) is 3.56. The molecule has 19 heavy (non-hydrogen) atoms. The molecule has 0 aliphatic carbocycles. The summed E-state index contributed by atoms with van der Waals surface area (Å²) < 4.78 is 10.4. The Kier molecular flexibility index (Phi) is 7.49. The van der Waals surface area contributed by atoms with Crippen LogP contribution in [0.5, 0.6) is 5.75 Å². The van der Waals surface area contributed by atoms with Gasteiger partial charge in [0.15, 0.2) is 0 Å². The lowest BCUT2D eigenvalue weighted by molar-refractivity contribution is 0.0668. The second kappa shape index (κ2) is 8.61. The van der Waals surface area contributed by atoms with Crippen molar-refractivity contribution in [2.75, 3.05) is 40.5 Å². The Bertz CT molecular complexity index is 390. The minimum Gasteiger partial charge on any atom is -0.489 e. The van der Waals surface area contributed by atoms with Crippen LogP contribution in [0.3, 0.4) is 0 Å². The molecular formula is C13H19Cl2NO3. The first-order valence-corrected chi connectivity index (χ1v) is 6.72. The fourth-order valence-corrected chi connectivity index (χ4v) is 1.99. The van der Waals surface area contributed by atoms with E-state index in [4.69, 9.17) is 32.7 Å². The normalized spacial score (nSPS) is 12.7. The van der Waals surface area contributed by atoms with Crippen LogP contribution in [-0.4, -0.2) is 56.6 Å². The molecule has 0 radical (unpaired) electrons. The monoisotopic (exact) mass is 307 g/mol. The topological polar surface area (TPSA) is 41.9 Å². The molecule has 4 nitrogen and oxygen atoms in total. The van der Waals surface area contributed by atoms with E-state index in [9.17, 15) is 5.11 Å². The molecule has 1 N–H and O–H groups in total. The van der Waals surface area contributed by atoms with Gasteiger partial charge in [-0.2, -0.15) is 0 Å². The lowest BCUT2D eigenvalue weighted by Gasteiger charge is -2.20. The largest absolute Gasteiger partial charge is 0.489 e. The first-order chi connectivity index (χ1) is 9.02. The van der Waals surface area contributed by atoms with E-state index in [0.29, 0.717) is 28.9 Å². The lowest BCUT2D eigenvalue weighted by atomic mass is 10.3. The van der Waals surface area contributed by atoms with E-state index in [0.717, 1.165) is 6.54 Å². The van der Waals surface area contributed by atoms with Gasteiger partial charge in [-0.25, -0.2) is 0 Å². The highest BCUT2D eigenvalue weighted by atomic mass is 35.5. The van der Waals surface area contributed by atoms with Gasteiger partial charge in [0.25, 0.3) is 0 Å². The number of hydrogen-bond acceptors (Lipinski definition) is 4. The van der Waals surface area contributed by atoms with E-state index in [-0.39, 0.29) is 6.61 Å². The van der Waals surface area contributed by atoms with Crippen molar-refractivity contribution in [2.24, 2.45) is 0 Å². The van der Waals surface area contributed by atoms with E-state index in [1.807, 2.05) is 11.9 Å². The van der Waals surface area contributed by atoms with E-state index < -0.39 is 6.10 Å². The molecule has 1 aromatic carbocycles. The summed E-state index contributed by atoms with van der Waals surface area (Å²) in [4.78, 5) is 1.97. The van der Waals surface area contributed by atoms with Crippen LogP contribution in [0.15, 0.2) is 18.2 Å². The van der Waals surface area contributed by atoms with Crippen molar-refractivity contribution < 1.29 is 14.6 Å². The number of hydrogen-bond donors (Lipinski definition) is 1. The summed E-state index contributed by atoms with van der Waals surface area (Å²) in [6.07, 6.45) is -0.589. The van der Waals surface area contributed by atoms with E-state index in [1.165, 1.54) is 0 Å². The van der Waals surface area contributed by atoms with Crippen LogP contribution < -0.4 is 4.74 Å². The maximum atomic E-state index is 9.85. The van der Waals surface area contributed by atoms with Gasteiger partial charge in [-0.1, -0.05) is 23.2 Å². The molecule has 6 heteroatoms. The number of aliphatic hydroxyl groups is 1. The van der Waals surface area contributed by atoms with Crippen LogP contribution in [0.1, 0.15) is 0 Å². The average Bonchev–Trinajstić information content (AvgIpc) is 2.35. The maximum absolute atomic E-state index is 9.85. The second-order valence-corrected chi connectivity index (χ2v) is 5.14. The van der Waals surface area contributed by atoms with Crippen molar-refractivity contribution >= 4 is 23.2 Å². The van der Waals surface area contributed by atoms with Gasteiger partial charge in [0.05, 0.1) is 11.6 Å². The molecule has 0 aliphatic rings. The second-order valence-electron chi connectivity index (χ2n) is 4.29. The summed E-state index contributed by atoms with van der Waals surface area (Å²) in [5.41, 5.74) is 0. The molecule has 0 amide bonds. The number of halogens is 2. The summed E-state index contributed by atoms with van der Waals surface area (Å²) in [5.74, 6) is 0.518. The van der Waals surface area contributed by atoms with Gasteiger partial charge in [-0.05, 0) is 25.2 Å². The van der Waals surface area contributed by atoms with E-state index in [2.05, 4.69) is 0 Å². The Morgan fingerprint density at radius 1 is 1.37 bits per heavy atom. The molecule has 1 atom stereocenters. The van der Waals surface area contributed by atoms with Crippen molar-refractivity contribution in [3.63, 3.8) is 0 Å². The third kappa shape index (κ3) is 6.45. The van der Waals surface area contributed by atoms with E-state index >= 15 is 0 Å². The van der Waals surface area contributed by atoms with Crippen LogP contribution in [0.25, 0.3) is 0 Å². The van der Waals surface area contributed by atoms with Gasteiger partial charge in [-0.15, -0.1) is 0 Å². The Morgan fingerprint density at radius 3 is 2.74 bits per heavy atom. The number of methoxy groups -OCH3 is 1. The molecule has 1 rings (SSSR count). The molecule has 108 valence electrons. The van der Waals surface area contributed by atoms with Gasteiger partial charge in [0, 0.05) is 25.2 Å². The first kappa shape index (κ1) is 16.5. The summed E-state index contributed by atoms with van der Waals surface area (Å²) in [6, 6.07) is 4.99. The third-order valence-electron chi connectivity index (χ3n) is 2.52. The van der Waals surface area contributed by atoms with Crippen molar-refractivity contribution in [1.82, 2.24) is 4.90 Å². The smallest absolute Gasteiger partial charge is 0.138 e. The number of rotatable bonds is 8. The zero-order chi connectivity index (χ0) is 14.3. The lowest BCUT2D eigenvalue weighted by Crippen LogP contribution is -2.34. The van der Waals surface area contributed by atoms with Gasteiger partial charge in [0.1, 0.15) is 18.5 Å². The SMILES string of the molecule is COCCN(C)CC(O)COc1ccc(Cl)cc1Cl. The van der Waals surface area contributed by atoms with Crippen LogP contribution in [0.2, 0.25) is 10.0 Å². The van der Waals surface area contributed by atoms with Gasteiger partial charge in [0.2, 0.25) is 0 Å². The van der Waals surface area contributed by atoms with E-state index in [1.54, 1.807) is 25.3 Å². The molecule has 0 fully saturated rings. The molecule has 1 unspecified atom stereocenters. The van der Waals surface area contributed by atoms with Crippen LogP contribution in [0.4, 0.5) is 0 Å². The molecule has 1 aromatic rings. The molecule has 0 aliphatic heterocycles. The number of likely N-dealkylation sites (N-methyl/N-ethyl adjacent to an activating group) is 1. The molecule has 0 heterocycles. The van der Waals surface area contributed by atoms with Crippen molar-refractivity contribution in [2.45, 2.75) is 6.10 Å². The standard InChI is InChI=1S/C13H19Cl2NO3/c1-16(5-6-18-2)8-11(17)9-19-13-4-3-10(14)7-12(13)15/h3-4,7,11,17H,5-6,8-9H2,1-2H3. The summed E-state index contributed by atoms with van der Waals surface area (Å²) in [5, 5.41) is 10.8. The summed E-state index contributed by atoms with van der Waals surface area (Å²) in [6.45, 7) is 2.08. The fraction of sp³-hybridized carbons (Fsp3) is 0.538. The van der Waals surface area contributed by atoms with Gasteiger partial charge in [-0.3, -0.25) is 0 Å². The third-order valence-corrected chi connectivity index (χ3v) is 3.06. The molecule has 0 saturated heterocycles. The number of nitrogens with zero attached hydrogens (tertiary/aromatic N) is 1. The van der Waals surface area contributed by atoms with Gasteiger partial charge >= 0.3 is 0 Å². The Morgan fingerprint density at radius 2 is 2.11 bits per heavy atom. The highest BCUT2D eigenvalue weighted by molar-refractivity contribution is 6.35. The quantitative estimate of drug-likeness (QED) is 0.800. The van der Waals surface area contributed by atoms with Crippen LogP contribution >= 0.6 is 23.2 Å². The minimum atomic E-state index is -0.589. The van der Waals surface area contributed by atoms with Crippen LogP contribution in [0, 0.1) is 0 Å². The molecule has 0 bridgehead atoms. The Labute approximate surface area is 123 Å². The molecule has 0 saturated carbocycles. The highest BCUT2D eigenvalue weighted by Crippen LogP contribution is 2.27. The highest BCUT2D eigenvalue weighted by Gasteiger charge is 2.10. The van der Waals surface area contributed by atoms with Crippen molar-refractivity contribution in [3.8, 4) is 5.75 Å². The number of ether oxygens (including phenoxy) is 2. The zero-order valence-corrected chi connectivity index (χ0v) is 12.6. The van der Waals surface area contributed by atoms with Crippen LogP contribution in [-0.2, 0) is 4.74 Å². The predicted octanol–water partition coefficient (Wildman–Crippen LogP) is 2.31. The molecule has 0 aromatic heterocycles. The van der Waals surface area contributed by atoms with Crippen molar-refractivity contribution in [1.29, 1.82) is 0 Å². The summed E-state index contributed by atoms with van der Waals surface area (Å²) >= 11 is 11.8. The fourth-order valence-electron chi connectivity index (χ4n) is 1.53. The Balaban J connectivity index is 2.35. The van der Waals surface area contributed by atoms with Crippen molar-refractivity contribution in [3.05, 3.63) is 28.2 Å². The maximum Gasteiger partial charge on any atom is 0.138 e. The average molecular weight is 308 g/mol. The molecule has 0 spiro atoms. The zero-order valence-electron chi connectivity index (χ0n) is 11.1.